The van der Waals surface area contributed by atoms with Crippen LogP contribution in [0.5, 0.6) is 5.75 Å². The van der Waals surface area contributed by atoms with E-state index in [1.165, 1.54) is 0 Å². The minimum atomic E-state index is -0.222. The van der Waals surface area contributed by atoms with E-state index in [0.29, 0.717) is 17.2 Å². The first-order valence-corrected chi connectivity index (χ1v) is 11.5. The Kier molecular flexibility index (Phi) is 5.82. The number of hydrogen-bond donors (Lipinski definition) is 1. The molecule has 5 aromatic rings. The second-order valence-electron chi connectivity index (χ2n) is 7.37. The summed E-state index contributed by atoms with van der Waals surface area (Å²) in [5.74, 6) is 1.22. The molecule has 1 amide bonds. The van der Waals surface area contributed by atoms with Gasteiger partial charge in [-0.1, -0.05) is 43.3 Å². The SMILES string of the molecule is CCc1ccccc1OCC(=O)Nc1cccc(-c2ccc3nnc(-c4cccs4)n3n2)c1. The van der Waals surface area contributed by atoms with Crippen LogP contribution >= 0.6 is 11.3 Å². The van der Waals surface area contributed by atoms with Crippen molar-refractivity contribution in [1.29, 1.82) is 0 Å². The number of carbonyl (C=O) groups is 1. The Labute approximate surface area is 194 Å². The van der Waals surface area contributed by atoms with E-state index >= 15 is 0 Å². The third-order valence-corrected chi connectivity index (χ3v) is 6.02. The van der Waals surface area contributed by atoms with Crippen molar-refractivity contribution < 1.29 is 9.53 Å². The zero-order valence-electron chi connectivity index (χ0n) is 17.9. The van der Waals surface area contributed by atoms with Gasteiger partial charge in [0.25, 0.3) is 5.91 Å². The number of rotatable bonds is 7. The van der Waals surface area contributed by atoms with E-state index in [9.17, 15) is 4.79 Å². The lowest BCUT2D eigenvalue weighted by Gasteiger charge is -2.11. The van der Waals surface area contributed by atoms with E-state index in [0.717, 1.165) is 33.9 Å². The molecular weight excluding hydrogens is 434 g/mol. The van der Waals surface area contributed by atoms with Gasteiger partial charge in [-0.25, -0.2) is 0 Å². The van der Waals surface area contributed by atoms with Crippen molar-refractivity contribution in [2.24, 2.45) is 0 Å². The highest BCUT2D eigenvalue weighted by molar-refractivity contribution is 7.13. The Morgan fingerprint density at radius 1 is 1.03 bits per heavy atom. The molecular formula is C25H21N5O2S. The number of benzene rings is 2. The van der Waals surface area contributed by atoms with Gasteiger partial charge in [-0.05, 0) is 53.8 Å². The van der Waals surface area contributed by atoms with E-state index in [2.05, 4.69) is 22.4 Å². The van der Waals surface area contributed by atoms with E-state index < -0.39 is 0 Å². The zero-order valence-corrected chi connectivity index (χ0v) is 18.7. The highest BCUT2D eigenvalue weighted by Crippen LogP contribution is 2.25. The third-order valence-electron chi connectivity index (χ3n) is 5.16. The molecule has 0 spiro atoms. The maximum absolute atomic E-state index is 12.5. The molecule has 0 aliphatic heterocycles. The van der Waals surface area contributed by atoms with E-state index in [1.807, 2.05) is 78.2 Å². The lowest BCUT2D eigenvalue weighted by Crippen LogP contribution is -2.20. The number of fused-ring (bicyclic) bond motifs is 1. The molecule has 0 aliphatic carbocycles. The normalized spacial score (nSPS) is 10.9. The summed E-state index contributed by atoms with van der Waals surface area (Å²) in [6, 6.07) is 23.1. The summed E-state index contributed by atoms with van der Waals surface area (Å²) in [5.41, 5.74) is 4.05. The lowest BCUT2D eigenvalue weighted by molar-refractivity contribution is -0.118. The van der Waals surface area contributed by atoms with Gasteiger partial charge in [0.1, 0.15) is 5.75 Å². The Morgan fingerprint density at radius 2 is 1.94 bits per heavy atom. The number of aromatic nitrogens is 4. The van der Waals surface area contributed by atoms with Crippen LogP contribution in [-0.2, 0) is 11.2 Å². The number of nitrogens with one attached hydrogen (secondary N) is 1. The van der Waals surface area contributed by atoms with Gasteiger partial charge in [0, 0.05) is 11.3 Å². The monoisotopic (exact) mass is 455 g/mol. The highest BCUT2D eigenvalue weighted by atomic mass is 32.1. The molecule has 0 saturated carbocycles. The molecule has 2 aromatic carbocycles. The quantitative estimate of drug-likeness (QED) is 0.369. The maximum Gasteiger partial charge on any atom is 0.262 e. The number of aryl methyl sites for hydroxylation is 1. The van der Waals surface area contributed by atoms with Crippen LogP contribution in [0.4, 0.5) is 5.69 Å². The van der Waals surface area contributed by atoms with Crippen molar-refractivity contribution in [3.63, 3.8) is 0 Å². The minimum Gasteiger partial charge on any atom is -0.483 e. The summed E-state index contributed by atoms with van der Waals surface area (Å²) in [7, 11) is 0. The molecule has 0 saturated heterocycles. The van der Waals surface area contributed by atoms with Crippen LogP contribution in [-0.4, -0.2) is 32.3 Å². The summed E-state index contributed by atoms with van der Waals surface area (Å²) < 4.78 is 7.47. The Balaban J connectivity index is 1.33. The number of nitrogens with zero attached hydrogens (tertiary/aromatic N) is 4. The first kappa shape index (κ1) is 20.8. The molecule has 0 atom stereocenters. The van der Waals surface area contributed by atoms with Crippen LogP contribution < -0.4 is 10.1 Å². The largest absolute Gasteiger partial charge is 0.483 e. The van der Waals surface area contributed by atoms with Crippen molar-refractivity contribution in [2.75, 3.05) is 11.9 Å². The predicted octanol–water partition coefficient (Wildman–Crippen LogP) is 5.10. The number of anilines is 1. The number of para-hydroxylation sites is 1. The van der Waals surface area contributed by atoms with Crippen molar-refractivity contribution in [3.8, 4) is 27.7 Å². The van der Waals surface area contributed by atoms with Gasteiger partial charge >= 0.3 is 0 Å². The second-order valence-corrected chi connectivity index (χ2v) is 8.32. The van der Waals surface area contributed by atoms with Gasteiger partial charge in [-0.2, -0.15) is 9.61 Å². The van der Waals surface area contributed by atoms with Gasteiger partial charge in [0.15, 0.2) is 18.1 Å². The maximum atomic E-state index is 12.5. The van der Waals surface area contributed by atoms with Crippen LogP contribution in [0.25, 0.3) is 27.6 Å². The molecule has 7 nitrogen and oxygen atoms in total. The molecule has 3 heterocycles. The molecule has 0 aliphatic rings. The minimum absolute atomic E-state index is 0.0592. The van der Waals surface area contributed by atoms with E-state index in [1.54, 1.807) is 15.9 Å². The highest BCUT2D eigenvalue weighted by Gasteiger charge is 2.12. The molecule has 164 valence electrons. The molecule has 0 bridgehead atoms. The van der Waals surface area contributed by atoms with Crippen molar-refractivity contribution in [2.45, 2.75) is 13.3 Å². The zero-order chi connectivity index (χ0) is 22.6. The summed E-state index contributed by atoms with van der Waals surface area (Å²) in [4.78, 5) is 13.5. The van der Waals surface area contributed by atoms with Gasteiger partial charge < -0.3 is 10.1 Å². The second kappa shape index (κ2) is 9.22. The van der Waals surface area contributed by atoms with Crippen LogP contribution in [0.2, 0.25) is 0 Å². The summed E-state index contributed by atoms with van der Waals surface area (Å²) >= 11 is 1.59. The fraction of sp³-hybridized carbons (Fsp3) is 0.120. The Bertz CT molecular complexity index is 1410. The first-order valence-electron chi connectivity index (χ1n) is 10.6. The Morgan fingerprint density at radius 3 is 2.79 bits per heavy atom. The van der Waals surface area contributed by atoms with Crippen LogP contribution in [0.1, 0.15) is 12.5 Å². The third kappa shape index (κ3) is 4.47. The fourth-order valence-electron chi connectivity index (χ4n) is 3.54. The number of ether oxygens (including phenoxy) is 1. The van der Waals surface area contributed by atoms with Crippen molar-refractivity contribution >= 4 is 28.6 Å². The fourth-order valence-corrected chi connectivity index (χ4v) is 4.23. The average Bonchev–Trinajstić information content (AvgIpc) is 3.52. The van der Waals surface area contributed by atoms with E-state index in [4.69, 9.17) is 9.84 Å². The van der Waals surface area contributed by atoms with Crippen molar-refractivity contribution in [3.05, 3.63) is 83.7 Å². The molecule has 8 heteroatoms. The number of thiophene rings is 1. The Hall–Kier alpha value is -4.04. The van der Waals surface area contributed by atoms with Gasteiger partial charge in [-0.15, -0.1) is 21.5 Å². The molecule has 0 fully saturated rings. The molecule has 0 radical (unpaired) electrons. The van der Waals surface area contributed by atoms with Gasteiger partial charge in [0.2, 0.25) is 0 Å². The summed E-state index contributed by atoms with van der Waals surface area (Å²) in [6.45, 7) is 2.00. The first-order chi connectivity index (χ1) is 16.2. The summed E-state index contributed by atoms with van der Waals surface area (Å²) in [6.07, 6.45) is 0.845. The molecule has 5 rings (SSSR count). The predicted molar refractivity (Wildman–Crippen MR) is 129 cm³/mol. The van der Waals surface area contributed by atoms with Crippen LogP contribution in [0.15, 0.2) is 78.2 Å². The molecule has 1 N–H and O–H groups in total. The standard InChI is InChI=1S/C25H21N5O2S/c1-2-17-7-3-4-10-21(17)32-16-24(31)26-19-9-5-8-18(15-19)20-12-13-23-27-28-25(30(23)29-20)22-11-6-14-33-22/h3-15H,2,16H2,1H3,(H,26,31). The number of amides is 1. The summed E-state index contributed by atoms with van der Waals surface area (Å²) in [5, 5.41) is 18.1. The lowest BCUT2D eigenvalue weighted by atomic mass is 10.1. The molecule has 33 heavy (non-hydrogen) atoms. The smallest absolute Gasteiger partial charge is 0.262 e. The van der Waals surface area contributed by atoms with Crippen LogP contribution in [0, 0.1) is 0 Å². The van der Waals surface area contributed by atoms with Crippen molar-refractivity contribution in [1.82, 2.24) is 19.8 Å². The van der Waals surface area contributed by atoms with Gasteiger partial charge in [0.05, 0.1) is 10.6 Å². The van der Waals surface area contributed by atoms with E-state index in [-0.39, 0.29) is 12.5 Å². The van der Waals surface area contributed by atoms with Gasteiger partial charge in [-0.3, -0.25) is 4.79 Å². The average molecular weight is 456 g/mol. The molecule has 0 unspecified atom stereocenters. The molecule has 3 aromatic heterocycles. The number of hydrogen-bond acceptors (Lipinski definition) is 6. The topological polar surface area (TPSA) is 81.4 Å². The van der Waals surface area contributed by atoms with Crippen LogP contribution in [0.3, 0.4) is 0 Å². The number of carbonyl (C=O) groups excluding carboxylic acids is 1.